The highest BCUT2D eigenvalue weighted by molar-refractivity contribution is 5.85. The Labute approximate surface area is 159 Å². The van der Waals surface area contributed by atoms with Crippen LogP contribution < -0.4 is 11.2 Å². The lowest BCUT2D eigenvalue weighted by Crippen LogP contribution is -2.16. The van der Waals surface area contributed by atoms with Gasteiger partial charge in [-0.25, -0.2) is 14.6 Å². The van der Waals surface area contributed by atoms with Gasteiger partial charge in [-0.1, -0.05) is 42.5 Å². The molecule has 0 unspecified atom stereocenters. The number of hydrogen-bond acceptors (Lipinski definition) is 6. The third kappa shape index (κ3) is 2.52. The van der Waals surface area contributed by atoms with Crippen molar-refractivity contribution in [1.82, 2.24) is 19.7 Å². The Balaban J connectivity index is 1.76. The van der Waals surface area contributed by atoms with Gasteiger partial charge in [0.05, 0.1) is 29.1 Å². The van der Waals surface area contributed by atoms with E-state index in [-0.39, 0.29) is 12.0 Å². The van der Waals surface area contributed by atoms with Gasteiger partial charge in [0, 0.05) is 5.56 Å². The predicted molar refractivity (Wildman–Crippen MR) is 107 cm³/mol. The maximum Gasteiger partial charge on any atom is 0.198 e. The van der Waals surface area contributed by atoms with Crippen molar-refractivity contribution in [3.8, 4) is 11.3 Å². The van der Waals surface area contributed by atoms with Crippen molar-refractivity contribution in [2.24, 2.45) is 0 Å². The van der Waals surface area contributed by atoms with Gasteiger partial charge >= 0.3 is 0 Å². The standard InChI is InChI=1S/C21H15N5O2/c22-20-15-10-25-26(21(15)24-12-23-20)11-16-18(27)14-8-4-5-9-17(14)28-19(16)13-6-2-1-3-7-13/h1-10,12H,11H2,(H2,22,23,24). The Morgan fingerprint density at radius 3 is 2.61 bits per heavy atom. The molecule has 2 aromatic carbocycles. The van der Waals surface area contributed by atoms with E-state index in [0.717, 1.165) is 5.56 Å². The molecule has 0 bridgehead atoms. The van der Waals surface area contributed by atoms with Crippen molar-refractivity contribution < 1.29 is 4.42 Å². The minimum absolute atomic E-state index is 0.0913. The van der Waals surface area contributed by atoms with Crippen molar-refractivity contribution in [2.45, 2.75) is 6.54 Å². The molecule has 136 valence electrons. The lowest BCUT2D eigenvalue weighted by atomic mass is 10.0. The van der Waals surface area contributed by atoms with Crippen molar-refractivity contribution in [2.75, 3.05) is 5.73 Å². The zero-order valence-corrected chi connectivity index (χ0v) is 14.7. The minimum atomic E-state index is -0.0913. The van der Waals surface area contributed by atoms with Crippen LogP contribution in [0.25, 0.3) is 33.3 Å². The summed E-state index contributed by atoms with van der Waals surface area (Å²) in [6.07, 6.45) is 2.99. The molecule has 5 aromatic rings. The first-order valence-corrected chi connectivity index (χ1v) is 8.74. The van der Waals surface area contributed by atoms with E-state index >= 15 is 0 Å². The van der Waals surface area contributed by atoms with Gasteiger partial charge in [-0.15, -0.1) is 0 Å². The Morgan fingerprint density at radius 1 is 0.964 bits per heavy atom. The number of aromatic nitrogens is 4. The highest BCUT2D eigenvalue weighted by Crippen LogP contribution is 2.27. The molecule has 0 spiro atoms. The van der Waals surface area contributed by atoms with Crippen molar-refractivity contribution in [3.63, 3.8) is 0 Å². The third-order valence-corrected chi connectivity index (χ3v) is 4.70. The summed E-state index contributed by atoms with van der Waals surface area (Å²) in [6.45, 7) is 0.206. The smallest absolute Gasteiger partial charge is 0.198 e. The fourth-order valence-electron chi connectivity index (χ4n) is 3.32. The molecule has 0 atom stereocenters. The Bertz CT molecular complexity index is 1370. The van der Waals surface area contributed by atoms with Crippen LogP contribution in [0.3, 0.4) is 0 Å². The predicted octanol–water partition coefficient (Wildman–Crippen LogP) is 3.23. The molecule has 7 heteroatoms. The van der Waals surface area contributed by atoms with E-state index in [1.165, 1.54) is 6.33 Å². The number of hydrogen-bond donors (Lipinski definition) is 1. The molecule has 0 aliphatic heterocycles. The molecule has 0 saturated heterocycles. The topological polar surface area (TPSA) is 99.8 Å². The van der Waals surface area contributed by atoms with Gasteiger partial charge in [-0.05, 0) is 12.1 Å². The molecule has 5 rings (SSSR count). The number of benzene rings is 2. The number of nitrogens with two attached hydrogens (primary N) is 1. The molecule has 3 aromatic heterocycles. The fourth-order valence-corrected chi connectivity index (χ4v) is 3.32. The largest absolute Gasteiger partial charge is 0.455 e. The SMILES string of the molecule is Nc1ncnc2c1cnn2Cc1c(-c2ccccc2)oc2ccccc2c1=O. The van der Waals surface area contributed by atoms with Gasteiger partial charge in [0.15, 0.2) is 11.1 Å². The molecular weight excluding hydrogens is 354 g/mol. The van der Waals surface area contributed by atoms with Crippen LogP contribution in [0.4, 0.5) is 5.82 Å². The second-order valence-electron chi connectivity index (χ2n) is 6.40. The van der Waals surface area contributed by atoms with Crippen LogP contribution in [0.1, 0.15) is 5.56 Å². The van der Waals surface area contributed by atoms with E-state index in [1.807, 2.05) is 42.5 Å². The molecule has 28 heavy (non-hydrogen) atoms. The number of anilines is 1. The zero-order chi connectivity index (χ0) is 19.1. The summed E-state index contributed by atoms with van der Waals surface area (Å²) in [5.74, 6) is 0.875. The average molecular weight is 369 g/mol. The highest BCUT2D eigenvalue weighted by Gasteiger charge is 2.18. The van der Waals surface area contributed by atoms with Crippen LogP contribution >= 0.6 is 0 Å². The summed E-state index contributed by atoms with van der Waals surface area (Å²) >= 11 is 0. The van der Waals surface area contributed by atoms with Crippen molar-refractivity contribution in [3.05, 3.63) is 82.9 Å². The normalized spacial score (nSPS) is 11.3. The van der Waals surface area contributed by atoms with E-state index in [0.29, 0.717) is 39.1 Å². The maximum atomic E-state index is 13.3. The molecule has 0 aliphatic carbocycles. The van der Waals surface area contributed by atoms with E-state index in [9.17, 15) is 4.79 Å². The molecule has 0 saturated carbocycles. The van der Waals surface area contributed by atoms with Gasteiger partial charge in [0.25, 0.3) is 0 Å². The average Bonchev–Trinajstić information content (AvgIpc) is 3.15. The number of nitrogen functional groups attached to an aromatic ring is 1. The van der Waals surface area contributed by atoms with Crippen LogP contribution in [0, 0.1) is 0 Å². The number of fused-ring (bicyclic) bond motifs is 2. The summed E-state index contributed by atoms with van der Waals surface area (Å²) in [5.41, 5.74) is 8.26. The van der Waals surface area contributed by atoms with Crippen LogP contribution in [0.2, 0.25) is 0 Å². The summed E-state index contributed by atoms with van der Waals surface area (Å²) in [6, 6.07) is 16.8. The molecule has 2 N–H and O–H groups in total. The fraction of sp³-hybridized carbons (Fsp3) is 0.0476. The highest BCUT2D eigenvalue weighted by atomic mass is 16.3. The molecule has 0 radical (unpaired) electrons. The van der Waals surface area contributed by atoms with E-state index < -0.39 is 0 Å². The van der Waals surface area contributed by atoms with Crippen molar-refractivity contribution in [1.29, 1.82) is 0 Å². The van der Waals surface area contributed by atoms with E-state index in [2.05, 4.69) is 15.1 Å². The molecule has 0 aliphatic rings. The van der Waals surface area contributed by atoms with Crippen LogP contribution in [-0.2, 0) is 6.54 Å². The van der Waals surface area contributed by atoms with Gasteiger partial charge < -0.3 is 10.2 Å². The summed E-state index contributed by atoms with van der Waals surface area (Å²) < 4.78 is 7.79. The van der Waals surface area contributed by atoms with Gasteiger partial charge in [0.1, 0.15) is 23.5 Å². The first-order chi connectivity index (χ1) is 13.7. The quantitative estimate of drug-likeness (QED) is 0.524. The minimum Gasteiger partial charge on any atom is -0.455 e. The lowest BCUT2D eigenvalue weighted by Gasteiger charge is -2.11. The number of nitrogens with zero attached hydrogens (tertiary/aromatic N) is 4. The second-order valence-corrected chi connectivity index (χ2v) is 6.40. The zero-order valence-electron chi connectivity index (χ0n) is 14.7. The molecule has 7 nitrogen and oxygen atoms in total. The van der Waals surface area contributed by atoms with E-state index in [4.69, 9.17) is 10.2 Å². The van der Waals surface area contributed by atoms with Crippen LogP contribution in [-0.4, -0.2) is 19.7 Å². The Kier molecular flexibility index (Phi) is 3.65. The molecular formula is C21H15N5O2. The van der Waals surface area contributed by atoms with Crippen molar-refractivity contribution >= 4 is 27.8 Å². The van der Waals surface area contributed by atoms with Crippen LogP contribution in [0.5, 0.6) is 0 Å². The molecule has 0 amide bonds. The van der Waals surface area contributed by atoms with Gasteiger partial charge in [0.2, 0.25) is 0 Å². The third-order valence-electron chi connectivity index (χ3n) is 4.70. The summed E-state index contributed by atoms with van der Waals surface area (Å²) in [4.78, 5) is 21.5. The Hall–Kier alpha value is -4.00. The number of para-hydroxylation sites is 1. The van der Waals surface area contributed by atoms with Gasteiger partial charge in [-0.3, -0.25) is 4.79 Å². The summed E-state index contributed by atoms with van der Waals surface area (Å²) in [7, 11) is 0. The Morgan fingerprint density at radius 2 is 1.75 bits per heavy atom. The van der Waals surface area contributed by atoms with Gasteiger partial charge in [-0.2, -0.15) is 5.10 Å². The first kappa shape index (κ1) is 16.2. The number of rotatable bonds is 3. The van der Waals surface area contributed by atoms with E-state index in [1.54, 1.807) is 23.0 Å². The summed E-state index contributed by atoms with van der Waals surface area (Å²) in [5, 5.41) is 5.54. The second kappa shape index (κ2) is 6.31. The molecule has 3 heterocycles. The molecule has 0 fully saturated rings. The first-order valence-electron chi connectivity index (χ1n) is 8.74. The monoisotopic (exact) mass is 369 g/mol. The van der Waals surface area contributed by atoms with Crippen LogP contribution in [0.15, 0.2) is 76.3 Å². The lowest BCUT2D eigenvalue weighted by molar-refractivity contribution is 0.597. The maximum absolute atomic E-state index is 13.3.